The summed E-state index contributed by atoms with van der Waals surface area (Å²) in [6, 6.07) is 0. The molecule has 4 unspecified atom stereocenters. The van der Waals surface area contributed by atoms with E-state index in [-0.39, 0.29) is 5.91 Å². The Labute approximate surface area is 135 Å². The molecule has 1 aliphatic heterocycles. The van der Waals surface area contributed by atoms with Gasteiger partial charge in [-0.05, 0) is 55.9 Å². The quantitative estimate of drug-likeness (QED) is 0.747. The third-order valence-electron chi connectivity index (χ3n) is 6.48. The summed E-state index contributed by atoms with van der Waals surface area (Å²) >= 11 is 0. The Morgan fingerprint density at radius 1 is 1.18 bits per heavy atom. The highest BCUT2D eigenvalue weighted by atomic mass is 16.2. The number of piperazine rings is 1. The van der Waals surface area contributed by atoms with Gasteiger partial charge in [0, 0.05) is 31.7 Å². The van der Waals surface area contributed by atoms with Crippen LogP contribution >= 0.6 is 0 Å². The molecule has 0 radical (unpaired) electrons. The van der Waals surface area contributed by atoms with Crippen molar-refractivity contribution in [3.63, 3.8) is 0 Å². The minimum Gasteiger partial charge on any atom is -0.337 e. The van der Waals surface area contributed by atoms with Crippen molar-refractivity contribution in [2.24, 2.45) is 17.8 Å². The van der Waals surface area contributed by atoms with Gasteiger partial charge in [0.2, 0.25) is 5.91 Å². The number of amides is 1. The van der Waals surface area contributed by atoms with E-state index in [4.69, 9.17) is 0 Å². The zero-order valence-electron chi connectivity index (χ0n) is 14.4. The van der Waals surface area contributed by atoms with E-state index < -0.39 is 0 Å². The number of carbonyl (C=O) groups excluding carboxylic acids is 1. The Bertz CT molecular complexity index is 423. The molecule has 3 heteroatoms. The number of fused-ring (bicyclic) bond motifs is 2. The van der Waals surface area contributed by atoms with Crippen LogP contribution in [0.1, 0.15) is 52.4 Å². The molecule has 0 aromatic heterocycles. The summed E-state index contributed by atoms with van der Waals surface area (Å²) < 4.78 is 0. The zero-order valence-corrected chi connectivity index (χ0v) is 14.4. The van der Waals surface area contributed by atoms with E-state index in [1.54, 1.807) is 0 Å². The van der Waals surface area contributed by atoms with Crippen molar-refractivity contribution in [2.75, 3.05) is 26.2 Å². The summed E-state index contributed by atoms with van der Waals surface area (Å²) in [5, 5.41) is 0. The van der Waals surface area contributed by atoms with Gasteiger partial charge >= 0.3 is 0 Å². The number of nitrogens with zero attached hydrogens (tertiary/aromatic N) is 2. The second-order valence-corrected chi connectivity index (χ2v) is 8.07. The standard InChI is InChI=1S/C19H32N2O/c1-4-16-11-17-10-15(3)12-19(13-16,14-17)21-8-6-20(7-9-21)18(22)5-2/h5,15-17H,2,4,6-14H2,1,3H3. The zero-order chi connectivity index (χ0) is 15.7. The molecule has 3 nitrogen and oxygen atoms in total. The highest BCUT2D eigenvalue weighted by Gasteiger charge is 2.48. The highest BCUT2D eigenvalue weighted by Crippen LogP contribution is 2.51. The van der Waals surface area contributed by atoms with Gasteiger partial charge in [-0.2, -0.15) is 0 Å². The first-order valence-corrected chi connectivity index (χ1v) is 9.22. The molecule has 0 N–H and O–H groups in total. The fourth-order valence-corrected chi connectivity index (χ4v) is 5.67. The van der Waals surface area contributed by atoms with Gasteiger partial charge in [0.1, 0.15) is 0 Å². The molecule has 2 saturated carbocycles. The largest absolute Gasteiger partial charge is 0.337 e. The number of hydrogen-bond acceptors (Lipinski definition) is 2. The van der Waals surface area contributed by atoms with Crippen molar-refractivity contribution in [2.45, 2.75) is 57.9 Å². The molecule has 3 rings (SSSR count). The average Bonchev–Trinajstić information content (AvgIpc) is 2.53. The van der Waals surface area contributed by atoms with Crippen molar-refractivity contribution in [1.29, 1.82) is 0 Å². The molecular formula is C19H32N2O. The summed E-state index contributed by atoms with van der Waals surface area (Å²) in [7, 11) is 0. The molecule has 1 heterocycles. The monoisotopic (exact) mass is 304 g/mol. The van der Waals surface area contributed by atoms with Gasteiger partial charge in [0.15, 0.2) is 0 Å². The maximum Gasteiger partial charge on any atom is 0.246 e. The van der Waals surface area contributed by atoms with Crippen molar-refractivity contribution >= 4 is 5.91 Å². The summed E-state index contributed by atoms with van der Waals surface area (Å²) in [6.07, 6.45) is 9.85. The van der Waals surface area contributed by atoms with Crippen LogP contribution in [0.15, 0.2) is 12.7 Å². The SMILES string of the molecule is C=CC(=O)N1CCN(C23CC(C)CC(CC(CC)C2)C3)CC1. The molecule has 3 aliphatic rings. The predicted molar refractivity (Wildman–Crippen MR) is 90.6 cm³/mol. The molecule has 0 spiro atoms. The molecule has 2 bridgehead atoms. The van der Waals surface area contributed by atoms with Gasteiger partial charge in [-0.15, -0.1) is 0 Å². The lowest BCUT2D eigenvalue weighted by Gasteiger charge is -2.57. The van der Waals surface area contributed by atoms with Crippen molar-refractivity contribution in [3.05, 3.63) is 12.7 Å². The van der Waals surface area contributed by atoms with E-state index in [9.17, 15) is 4.79 Å². The first kappa shape index (κ1) is 16.0. The third kappa shape index (κ3) is 2.97. The number of carbonyl (C=O) groups is 1. The van der Waals surface area contributed by atoms with E-state index in [0.29, 0.717) is 5.54 Å². The van der Waals surface area contributed by atoms with Crippen LogP contribution in [0, 0.1) is 17.8 Å². The minimum absolute atomic E-state index is 0.0992. The number of rotatable bonds is 3. The highest BCUT2D eigenvalue weighted by molar-refractivity contribution is 5.87. The second-order valence-electron chi connectivity index (χ2n) is 8.07. The van der Waals surface area contributed by atoms with Crippen molar-refractivity contribution < 1.29 is 4.79 Å². The van der Waals surface area contributed by atoms with Crippen LogP contribution in [0.4, 0.5) is 0 Å². The lowest BCUT2D eigenvalue weighted by molar-refractivity contribution is -0.130. The first-order valence-electron chi connectivity index (χ1n) is 9.22. The van der Waals surface area contributed by atoms with Crippen LogP contribution in [0.3, 0.4) is 0 Å². The van der Waals surface area contributed by atoms with Gasteiger partial charge < -0.3 is 4.90 Å². The molecular weight excluding hydrogens is 272 g/mol. The Morgan fingerprint density at radius 2 is 1.91 bits per heavy atom. The summed E-state index contributed by atoms with van der Waals surface area (Å²) in [5.74, 6) is 2.82. The maximum atomic E-state index is 11.8. The fourth-order valence-electron chi connectivity index (χ4n) is 5.67. The lowest BCUT2D eigenvalue weighted by Crippen LogP contribution is -2.62. The molecule has 0 aromatic carbocycles. The van der Waals surface area contributed by atoms with Crippen LogP contribution in [0.25, 0.3) is 0 Å². The fraction of sp³-hybridized carbons (Fsp3) is 0.842. The molecule has 1 amide bonds. The molecule has 22 heavy (non-hydrogen) atoms. The summed E-state index contributed by atoms with van der Waals surface area (Å²) in [5.41, 5.74) is 0.435. The van der Waals surface area contributed by atoms with E-state index in [1.807, 2.05) is 4.90 Å². The van der Waals surface area contributed by atoms with Crippen LogP contribution < -0.4 is 0 Å². The van der Waals surface area contributed by atoms with Gasteiger partial charge in [0.25, 0.3) is 0 Å². The van der Waals surface area contributed by atoms with E-state index in [0.717, 1.165) is 43.9 Å². The molecule has 4 atom stereocenters. The van der Waals surface area contributed by atoms with Gasteiger partial charge in [-0.25, -0.2) is 0 Å². The van der Waals surface area contributed by atoms with Crippen molar-refractivity contribution in [3.8, 4) is 0 Å². The Balaban J connectivity index is 1.71. The summed E-state index contributed by atoms with van der Waals surface area (Å²) in [6.45, 7) is 12.3. The summed E-state index contributed by atoms with van der Waals surface area (Å²) in [4.78, 5) is 16.5. The van der Waals surface area contributed by atoms with Crippen LogP contribution in [-0.2, 0) is 4.79 Å². The molecule has 2 aliphatic carbocycles. The van der Waals surface area contributed by atoms with Crippen molar-refractivity contribution in [1.82, 2.24) is 9.80 Å². The Hall–Kier alpha value is -0.830. The lowest BCUT2D eigenvalue weighted by atomic mass is 9.59. The van der Waals surface area contributed by atoms with E-state index in [2.05, 4.69) is 25.3 Å². The van der Waals surface area contributed by atoms with Crippen LogP contribution in [-0.4, -0.2) is 47.4 Å². The second kappa shape index (κ2) is 6.35. The van der Waals surface area contributed by atoms with Crippen LogP contribution in [0.2, 0.25) is 0 Å². The van der Waals surface area contributed by atoms with Gasteiger partial charge in [-0.3, -0.25) is 9.69 Å². The Morgan fingerprint density at radius 3 is 2.55 bits per heavy atom. The molecule has 1 saturated heterocycles. The smallest absolute Gasteiger partial charge is 0.246 e. The van der Waals surface area contributed by atoms with E-state index >= 15 is 0 Å². The minimum atomic E-state index is 0.0992. The Kier molecular flexibility index (Phi) is 4.63. The average molecular weight is 304 g/mol. The molecule has 3 fully saturated rings. The van der Waals surface area contributed by atoms with Gasteiger partial charge in [-0.1, -0.05) is 26.8 Å². The topological polar surface area (TPSA) is 23.6 Å². The van der Waals surface area contributed by atoms with E-state index in [1.165, 1.54) is 44.6 Å². The maximum absolute atomic E-state index is 11.8. The predicted octanol–water partition coefficient (Wildman–Crippen LogP) is 3.31. The third-order valence-corrected chi connectivity index (χ3v) is 6.48. The van der Waals surface area contributed by atoms with Crippen LogP contribution in [0.5, 0.6) is 0 Å². The normalized spacial score (nSPS) is 39.5. The number of hydrogen-bond donors (Lipinski definition) is 0. The van der Waals surface area contributed by atoms with Gasteiger partial charge in [0.05, 0.1) is 0 Å². The molecule has 0 aromatic rings. The first-order chi connectivity index (χ1) is 10.6. The molecule has 124 valence electrons.